The third-order valence-corrected chi connectivity index (χ3v) is 1.36. The number of rotatable bonds is 0. The van der Waals surface area contributed by atoms with Crippen molar-refractivity contribution in [3.05, 3.63) is 22.4 Å². The second-order valence-electron chi connectivity index (χ2n) is 2.07. The van der Waals surface area contributed by atoms with Crippen LogP contribution in [-0.2, 0) is 0 Å². The molecule has 62 valence electrons. The summed E-state index contributed by atoms with van der Waals surface area (Å²) in [4.78, 5) is 30.9. The van der Waals surface area contributed by atoms with Gasteiger partial charge in [0.15, 0.2) is 0 Å². The molecule has 0 spiro atoms. The minimum atomic E-state index is -0.525. The van der Waals surface area contributed by atoms with E-state index in [9.17, 15) is 9.59 Å². The first kappa shape index (κ1) is 8.61. The van der Waals surface area contributed by atoms with Gasteiger partial charge in [-0.15, -0.1) is 12.4 Å². The number of nitrogens with one attached hydrogen (secondary N) is 1. The van der Waals surface area contributed by atoms with Gasteiger partial charge in [0.2, 0.25) is 5.78 Å². The molecule has 0 bridgehead atoms. The highest BCUT2D eigenvalue weighted by Crippen LogP contribution is 2.17. The summed E-state index contributed by atoms with van der Waals surface area (Å²) in [5, 5.41) is 0. The predicted octanol–water partition coefficient (Wildman–Crippen LogP) is 0.0903. The van der Waals surface area contributed by atoms with Crippen molar-refractivity contribution in [1.82, 2.24) is 9.97 Å². The summed E-state index contributed by atoms with van der Waals surface area (Å²) in [7, 11) is 0. The molecule has 0 unspecified atom stereocenters. The Hall–Kier alpha value is -1.49. The van der Waals surface area contributed by atoms with Crippen molar-refractivity contribution < 1.29 is 4.79 Å². The molecule has 1 aromatic rings. The number of aromatic nitrogens is 2. The van der Waals surface area contributed by atoms with Gasteiger partial charge < -0.3 is 4.98 Å². The van der Waals surface area contributed by atoms with Gasteiger partial charge in [0, 0.05) is 0 Å². The average Bonchev–Trinajstić information content (AvgIpc) is 2.33. The molecule has 1 N–H and O–H groups in total. The summed E-state index contributed by atoms with van der Waals surface area (Å²) in [5.74, 6) is -0.278. The Morgan fingerprint density at radius 1 is 1.33 bits per heavy atom. The van der Waals surface area contributed by atoms with Crippen LogP contribution < -0.4 is 5.69 Å². The van der Waals surface area contributed by atoms with E-state index >= 15 is 0 Å². The van der Waals surface area contributed by atoms with E-state index in [1.165, 1.54) is 6.20 Å². The second kappa shape index (κ2) is 2.86. The van der Waals surface area contributed by atoms with Crippen molar-refractivity contribution in [3.63, 3.8) is 0 Å². The van der Waals surface area contributed by atoms with Crippen LogP contribution in [0.1, 0.15) is 10.5 Å². The maximum Gasteiger partial charge on any atom is 0.345 e. The number of fused-ring (bicyclic) bond motifs is 1. The number of hydrogen-bond donors (Lipinski definition) is 1. The van der Waals surface area contributed by atoms with E-state index in [-0.39, 0.29) is 23.9 Å². The highest BCUT2D eigenvalue weighted by atomic mass is 35.5. The predicted molar refractivity (Wildman–Crippen MR) is 44.6 cm³/mol. The Labute approximate surface area is 73.0 Å². The molecule has 0 saturated heterocycles. The molecule has 1 aliphatic heterocycles. The summed E-state index contributed by atoms with van der Waals surface area (Å²) >= 11 is 0. The Morgan fingerprint density at radius 2 is 2.08 bits per heavy atom. The number of carbonyl (C=O) groups is 1. The number of ketones is 1. The first-order valence-electron chi connectivity index (χ1n) is 2.95. The Morgan fingerprint density at radius 3 is 2.83 bits per heavy atom. The van der Waals surface area contributed by atoms with Crippen LogP contribution in [-0.4, -0.2) is 22.0 Å². The lowest BCUT2D eigenvalue weighted by atomic mass is 10.3. The molecular weight excluding hydrogens is 182 g/mol. The number of hydrogen-bond acceptors (Lipinski definition) is 4. The standard InChI is InChI=1S/C6H3N3O2.ClH/c10-4-2-7-3-1-8-6(11)9-5(3)4;/h1-2H,(H,8,9,11);1H. The highest BCUT2D eigenvalue weighted by Gasteiger charge is 2.15. The van der Waals surface area contributed by atoms with Gasteiger partial charge in [0.25, 0.3) is 0 Å². The number of aliphatic imine (C=N–C) groups is 1. The number of Topliss-reactive ketones (excluding diaryl/α,β-unsaturated/α-hetero) is 1. The fourth-order valence-electron chi connectivity index (χ4n) is 0.866. The molecular formula is C6H4ClN3O2. The molecule has 6 heteroatoms. The summed E-state index contributed by atoms with van der Waals surface area (Å²) in [6, 6.07) is 0. The Balaban J connectivity index is 0.000000720. The largest absolute Gasteiger partial charge is 0.345 e. The minimum absolute atomic E-state index is 0. The summed E-state index contributed by atoms with van der Waals surface area (Å²) in [6.45, 7) is 0. The van der Waals surface area contributed by atoms with Crippen molar-refractivity contribution in [2.24, 2.45) is 4.99 Å². The van der Waals surface area contributed by atoms with Gasteiger partial charge >= 0.3 is 5.69 Å². The van der Waals surface area contributed by atoms with E-state index in [0.29, 0.717) is 5.69 Å². The van der Waals surface area contributed by atoms with E-state index in [4.69, 9.17) is 0 Å². The van der Waals surface area contributed by atoms with Crippen molar-refractivity contribution in [3.8, 4) is 0 Å². The average molecular weight is 186 g/mol. The molecule has 12 heavy (non-hydrogen) atoms. The van der Waals surface area contributed by atoms with Crippen molar-refractivity contribution in [2.45, 2.75) is 0 Å². The number of halogens is 1. The van der Waals surface area contributed by atoms with Crippen molar-refractivity contribution in [1.29, 1.82) is 0 Å². The van der Waals surface area contributed by atoms with E-state index in [1.54, 1.807) is 0 Å². The fraction of sp³-hybridized carbons (Fsp3) is 0. The lowest BCUT2D eigenvalue weighted by Crippen LogP contribution is -2.13. The SMILES string of the molecule is Cl.O=C1C=Nc2cnc(=O)[nH]c21. The van der Waals surface area contributed by atoms with Gasteiger partial charge in [0.1, 0.15) is 11.4 Å². The smallest absolute Gasteiger partial charge is 0.301 e. The molecule has 1 aliphatic rings. The van der Waals surface area contributed by atoms with Gasteiger partial charge in [-0.2, -0.15) is 4.98 Å². The molecule has 0 atom stereocenters. The van der Waals surface area contributed by atoms with Gasteiger partial charge in [-0.25, -0.2) is 9.79 Å². The van der Waals surface area contributed by atoms with Crippen LogP contribution in [0.5, 0.6) is 0 Å². The van der Waals surface area contributed by atoms with Crippen LogP contribution in [0, 0.1) is 0 Å². The number of nitrogens with zero attached hydrogens (tertiary/aromatic N) is 2. The zero-order valence-corrected chi connectivity index (χ0v) is 6.59. The Kier molecular flexibility index (Phi) is 2.05. The van der Waals surface area contributed by atoms with Crippen molar-refractivity contribution in [2.75, 3.05) is 0 Å². The first-order chi connectivity index (χ1) is 5.27. The summed E-state index contributed by atoms with van der Waals surface area (Å²) in [6.07, 6.45) is 2.43. The molecule has 0 radical (unpaired) electrons. The topological polar surface area (TPSA) is 75.2 Å². The molecule has 0 saturated carbocycles. The van der Waals surface area contributed by atoms with Crippen LogP contribution >= 0.6 is 12.4 Å². The zero-order chi connectivity index (χ0) is 7.84. The lowest BCUT2D eigenvalue weighted by Gasteiger charge is -1.90. The van der Waals surface area contributed by atoms with Crippen LogP contribution in [0.4, 0.5) is 5.69 Å². The molecule has 5 nitrogen and oxygen atoms in total. The van der Waals surface area contributed by atoms with Gasteiger partial charge in [-0.1, -0.05) is 0 Å². The van der Waals surface area contributed by atoms with Crippen LogP contribution in [0.25, 0.3) is 0 Å². The molecule has 0 amide bonds. The van der Waals surface area contributed by atoms with E-state index in [0.717, 1.165) is 6.21 Å². The molecule has 0 aliphatic carbocycles. The Bertz CT molecular complexity index is 409. The van der Waals surface area contributed by atoms with Crippen LogP contribution in [0.3, 0.4) is 0 Å². The first-order valence-corrected chi connectivity index (χ1v) is 2.95. The van der Waals surface area contributed by atoms with E-state index in [2.05, 4.69) is 15.0 Å². The maximum absolute atomic E-state index is 10.9. The third-order valence-electron chi connectivity index (χ3n) is 1.36. The normalized spacial score (nSPS) is 12.5. The molecule has 2 heterocycles. The third kappa shape index (κ3) is 1.14. The highest BCUT2D eigenvalue weighted by molar-refractivity contribution is 6.39. The number of aromatic amines is 1. The molecule has 2 rings (SSSR count). The van der Waals surface area contributed by atoms with Gasteiger partial charge in [0.05, 0.1) is 12.4 Å². The second-order valence-corrected chi connectivity index (χ2v) is 2.07. The maximum atomic E-state index is 10.9. The molecule has 0 fully saturated rings. The summed E-state index contributed by atoms with van der Waals surface area (Å²) < 4.78 is 0. The number of carbonyl (C=O) groups excluding carboxylic acids is 1. The van der Waals surface area contributed by atoms with Crippen molar-refractivity contribution >= 4 is 30.1 Å². The zero-order valence-electron chi connectivity index (χ0n) is 5.77. The molecule has 0 aromatic carbocycles. The van der Waals surface area contributed by atoms with Crippen LogP contribution in [0.2, 0.25) is 0 Å². The van der Waals surface area contributed by atoms with E-state index < -0.39 is 5.69 Å². The minimum Gasteiger partial charge on any atom is -0.301 e. The summed E-state index contributed by atoms with van der Waals surface area (Å²) in [5.41, 5.74) is 0.127. The molecule has 1 aromatic heterocycles. The van der Waals surface area contributed by atoms with Gasteiger partial charge in [-0.05, 0) is 0 Å². The van der Waals surface area contributed by atoms with E-state index in [1.807, 2.05) is 0 Å². The monoisotopic (exact) mass is 185 g/mol. The quantitative estimate of drug-likeness (QED) is 0.623. The fourth-order valence-corrected chi connectivity index (χ4v) is 0.866. The van der Waals surface area contributed by atoms with Crippen LogP contribution in [0.15, 0.2) is 16.0 Å². The number of H-pyrrole nitrogens is 1. The lowest BCUT2D eigenvalue weighted by molar-refractivity contribution is 0.107. The van der Waals surface area contributed by atoms with Gasteiger partial charge in [-0.3, -0.25) is 4.79 Å².